The molecule has 2 nitrogen and oxygen atoms in total. The van der Waals surface area contributed by atoms with Crippen LogP contribution in [-0.2, 0) is 0 Å². The Kier molecular flexibility index (Phi) is 4.02. The van der Waals surface area contributed by atoms with E-state index in [1.54, 1.807) is 0 Å². The summed E-state index contributed by atoms with van der Waals surface area (Å²) < 4.78 is 0. The maximum absolute atomic E-state index is 3.51. The van der Waals surface area contributed by atoms with Gasteiger partial charge < -0.3 is 10.2 Å². The van der Waals surface area contributed by atoms with Gasteiger partial charge in [-0.1, -0.05) is 13.8 Å². The molecule has 0 spiro atoms. The Morgan fingerprint density at radius 3 is 2.75 bits per heavy atom. The van der Waals surface area contributed by atoms with E-state index in [0.29, 0.717) is 0 Å². The van der Waals surface area contributed by atoms with E-state index in [1.807, 2.05) is 0 Å². The fraction of sp³-hybridized carbons (Fsp3) is 1.00. The fourth-order valence-electron chi connectivity index (χ4n) is 1.93. The van der Waals surface area contributed by atoms with E-state index in [9.17, 15) is 0 Å². The average Bonchev–Trinajstić information content (AvgIpc) is 1.96. The summed E-state index contributed by atoms with van der Waals surface area (Å²) >= 11 is 0. The molecule has 1 saturated heterocycles. The lowest BCUT2D eigenvalue weighted by Crippen LogP contribution is -2.45. The predicted molar refractivity (Wildman–Crippen MR) is 53.4 cm³/mol. The Morgan fingerprint density at radius 1 is 1.33 bits per heavy atom. The normalized spacial score (nSPS) is 28.5. The molecule has 0 aliphatic carbocycles. The van der Waals surface area contributed by atoms with Crippen molar-refractivity contribution in [2.75, 3.05) is 26.7 Å². The van der Waals surface area contributed by atoms with Gasteiger partial charge >= 0.3 is 0 Å². The summed E-state index contributed by atoms with van der Waals surface area (Å²) in [4.78, 5) is 2.50. The van der Waals surface area contributed by atoms with Gasteiger partial charge in [0.25, 0.3) is 0 Å². The Morgan fingerprint density at radius 2 is 2.08 bits per heavy atom. The fourth-order valence-corrected chi connectivity index (χ4v) is 1.93. The van der Waals surface area contributed by atoms with Crippen LogP contribution in [0.25, 0.3) is 0 Å². The molecule has 12 heavy (non-hydrogen) atoms. The second-order valence-corrected chi connectivity index (χ2v) is 4.20. The minimum atomic E-state index is 0.727. The van der Waals surface area contributed by atoms with Gasteiger partial charge in [-0.05, 0) is 38.9 Å². The van der Waals surface area contributed by atoms with E-state index in [4.69, 9.17) is 0 Å². The molecule has 0 bridgehead atoms. The van der Waals surface area contributed by atoms with Crippen molar-refractivity contribution in [1.29, 1.82) is 0 Å². The van der Waals surface area contributed by atoms with Crippen LogP contribution in [0.1, 0.15) is 26.7 Å². The van der Waals surface area contributed by atoms with Crippen LogP contribution in [0.3, 0.4) is 0 Å². The number of nitrogens with zero attached hydrogens (tertiary/aromatic N) is 1. The lowest BCUT2D eigenvalue weighted by Gasteiger charge is -2.33. The second-order valence-electron chi connectivity index (χ2n) is 4.20. The van der Waals surface area contributed by atoms with E-state index >= 15 is 0 Å². The van der Waals surface area contributed by atoms with Gasteiger partial charge in [0, 0.05) is 12.6 Å². The third kappa shape index (κ3) is 2.76. The lowest BCUT2D eigenvalue weighted by atomic mass is 10.0. The highest BCUT2D eigenvalue weighted by Gasteiger charge is 2.18. The molecule has 0 aromatic carbocycles. The zero-order valence-electron chi connectivity index (χ0n) is 8.64. The Labute approximate surface area is 76.3 Å². The van der Waals surface area contributed by atoms with Crippen molar-refractivity contribution in [3.8, 4) is 0 Å². The molecule has 1 atom stereocenters. The molecule has 72 valence electrons. The SMILES string of the molecule is CC(C)[C@@H]1CNCCCCN1C. The first-order chi connectivity index (χ1) is 5.72. The maximum Gasteiger partial charge on any atom is 0.0240 e. The van der Waals surface area contributed by atoms with Crippen molar-refractivity contribution < 1.29 is 0 Å². The lowest BCUT2D eigenvalue weighted by molar-refractivity contribution is 0.174. The minimum absolute atomic E-state index is 0.727. The van der Waals surface area contributed by atoms with E-state index in [2.05, 4.69) is 31.1 Å². The summed E-state index contributed by atoms with van der Waals surface area (Å²) in [5.41, 5.74) is 0. The number of rotatable bonds is 1. The van der Waals surface area contributed by atoms with Crippen LogP contribution in [0.5, 0.6) is 0 Å². The van der Waals surface area contributed by atoms with Crippen molar-refractivity contribution in [1.82, 2.24) is 10.2 Å². The standard InChI is InChI=1S/C10H22N2/c1-9(2)10-8-11-6-4-5-7-12(10)3/h9-11H,4-8H2,1-3H3/t10-/m0/s1. The van der Waals surface area contributed by atoms with Crippen LogP contribution in [0.15, 0.2) is 0 Å². The molecule has 1 N–H and O–H groups in total. The second kappa shape index (κ2) is 4.83. The van der Waals surface area contributed by atoms with Gasteiger partial charge in [0.05, 0.1) is 0 Å². The maximum atomic E-state index is 3.51. The van der Waals surface area contributed by atoms with Gasteiger partial charge in [-0.3, -0.25) is 0 Å². The van der Waals surface area contributed by atoms with E-state index in [0.717, 1.165) is 18.5 Å². The van der Waals surface area contributed by atoms with Gasteiger partial charge in [0.1, 0.15) is 0 Å². The molecule has 1 aliphatic rings. The predicted octanol–water partition coefficient (Wildman–Crippen LogP) is 1.33. The van der Waals surface area contributed by atoms with Crippen molar-refractivity contribution in [2.45, 2.75) is 32.7 Å². The van der Waals surface area contributed by atoms with E-state index in [-0.39, 0.29) is 0 Å². The summed E-state index contributed by atoms with van der Waals surface area (Å²) in [7, 11) is 2.25. The van der Waals surface area contributed by atoms with Gasteiger partial charge in [-0.2, -0.15) is 0 Å². The smallest absolute Gasteiger partial charge is 0.0240 e. The van der Waals surface area contributed by atoms with Crippen molar-refractivity contribution in [3.05, 3.63) is 0 Å². The molecule has 2 heteroatoms. The Bertz CT molecular complexity index is 123. The Balaban J connectivity index is 2.43. The molecule has 0 radical (unpaired) electrons. The zero-order chi connectivity index (χ0) is 8.97. The number of nitrogens with one attached hydrogen (secondary N) is 1. The van der Waals surface area contributed by atoms with Crippen LogP contribution in [0.4, 0.5) is 0 Å². The van der Waals surface area contributed by atoms with E-state index < -0.39 is 0 Å². The first-order valence-electron chi connectivity index (χ1n) is 5.13. The molecule has 0 saturated carbocycles. The summed E-state index contributed by atoms with van der Waals surface area (Å²) in [6.45, 7) is 8.25. The first-order valence-corrected chi connectivity index (χ1v) is 5.13. The van der Waals surface area contributed by atoms with E-state index in [1.165, 1.54) is 25.9 Å². The molecular weight excluding hydrogens is 148 g/mol. The summed E-state index contributed by atoms with van der Waals surface area (Å²) in [6, 6.07) is 0.727. The Hall–Kier alpha value is -0.0800. The summed E-state index contributed by atoms with van der Waals surface area (Å²) in [6.07, 6.45) is 2.67. The highest BCUT2D eigenvalue weighted by molar-refractivity contribution is 4.76. The van der Waals surface area contributed by atoms with Crippen molar-refractivity contribution in [3.63, 3.8) is 0 Å². The number of likely N-dealkylation sites (N-methyl/N-ethyl adjacent to an activating group) is 1. The van der Waals surface area contributed by atoms with Gasteiger partial charge in [-0.15, -0.1) is 0 Å². The molecule has 0 unspecified atom stereocenters. The molecular formula is C10H22N2. The third-order valence-electron chi connectivity index (χ3n) is 2.80. The van der Waals surface area contributed by atoms with Crippen LogP contribution in [-0.4, -0.2) is 37.6 Å². The van der Waals surface area contributed by atoms with Gasteiger partial charge in [0.15, 0.2) is 0 Å². The van der Waals surface area contributed by atoms with Crippen molar-refractivity contribution >= 4 is 0 Å². The largest absolute Gasteiger partial charge is 0.315 e. The topological polar surface area (TPSA) is 15.3 Å². The molecule has 0 amide bonds. The summed E-state index contributed by atoms with van der Waals surface area (Å²) in [5.74, 6) is 0.764. The molecule has 0 aromatic heterocycles. The van der Waals surface area contributed by atoms with Crippen LogP contribution in [0, 0.1) is 5.92 Å². The van der Waals surface area contributed by atoms with Gasteiger partial charge in [0.2, 0.25) is 0 Å². The quantitative estimate of drug-likeness (QED) is 0.638. The third-order valence-corrected chi connectivity index (χ3v) is 2.80. The molecule has 1 fully saturated rings. The monoisotopic (exact) mass is 170 g/mol. The zero-order valence-corrected chi connectivity index (χ0v) is 8.64. The summed E-state index contributed by atoms with van der Waals surface area (Å²) in [5, 5.41) is 3.51. The average molecular weight is 170 g/mol. The van der Waals surface area contributed by atoms with Crippen LogP contribution in [0.2, 0.25) is 0 Å². The molecule has 1 rings (SSSR count). The number of hydrogen-bond donors (Lipinski definition) is 1. The van der Waals surface area contributed by atoms with Crippen LogP contribution < -0.4 is 5.32 Å². The first kappa shape index (κ1) is 10.0. The molecule has 1 aliphatic heterocycles. The van der Waals surface area contributed by atoms with Crippen molar-refractivity contribution in [2.24, 2.45) is 5.92 Å². The highest BCUT2D eigenvalue weighted by Crippen LogP contribution is 2.10. The molecule has 1 heterocycles. The van der Waals surface area contributed by atoms with Gasteiger partial charge in [-0.25, -0.2) is 0 Å². The van der Waals surface area contributed by atoms with Crippen LogP contribution >= 0.6 is 0 Å². The highest BCUT2D eigenvalue weighted by atomic mass is 15.2. The number of hydrogen-bond acceptors (Lipinski definition) is 2. The minimum Gasteiger partial charge on any atom is -0.315 e. The molecule has 0 aromatic rings.